The third-order valence-corrected chi connectivity index (χ3v) is 3.31. The maximum atomic E-state index is 13.4. The molecule has 2 rings (SSSR count). The molecule has 98 valence electrons. The number of aromatic nitrogens is 1. The van der Waals surface area contributed by atoms with Gasteiger partial charge in [0, 0.05) is 11.9 Å². The highest BCUT2D eigenvalue weighted by Gasteiger charge is 2.11. The molecule has 0 aliphatic rings. The van der Waals surface area contributed by atoms with Crippen LogP contribution < -0.4 is 5.32 Å². The molecule has 6 heteroatoms. The van der Waals surface area contributed by atoms with E-state index in [2.05, 4.69) is 26.2 Å². The number of anilines is 1. The molecule has 1 amide bonds. The molecule has 0 fully saturated rings. The average Bonchev–Trinajstić information content (AvgIpc) is 2.36. The van der Waals surface area contributed by atoms with Crippen molar-refractivity contribution in [3.05, 3.63) is 57.0 Å². The summed E-state index contributed by atoms with van der Waals surface area (Å²) in [7, 11) is 0. The van der Waals surface area contributed by atoms with E-state index in [1.54, 1.807) is 19.1 Å². The van der Waals surface area contributed by atoms with Crippen molar-refractivity contribution in [2.24, 2.45) is 0 Å². The smallest absolute Gasteiger partial charge is 0.274 e. The Kier molecular flexibility index (Phi) is 4.17. The number of halogens is 3. The second-order valence-corrected chi connectivity index (χ2v) is 5.19. The van der Waals surface area contributed by atoms with Gasteiger partial charge in [-0.05, 0) is 52.7 Å². The molecule has 1 heterocycles. The summed E-state index contributed by atoms with van der Waals surface area (Å²) >= 11 is 8.78. The fraction of sp³-hybridized carbons (Fsp3) is 0.0769. The third-order valence-electron chi connectivity index (χ3n) is 2.48. The summed E-state index contributed by atoms with van der Waals surface area (Å²) in [6.07, 6.45) is 1.38. The minimum atomic E-state index is -0.440. The van der Waals surface area contributed by atoms with E-state index in [9.17, 15) is 9.18 Å². The minimum Gasteiger partial charge on any atom is -0.320 e. The Morgan fingerprint density at radius 3 is 2.79 bits per heavy atom. The quantitative estimate of drug-likeness (QED) is 0.888. The number of hydrogen-bond acceptors (Lipinski definition) is 2. The third kappa shape index (κ3) is 3.30. The van der Waals surface area contributed by atoms with Crippen LogP contribution in [0.5, 0.6) is 0 Å². The van der Waals surface area contributed by atoms with E-state index in [1.165, 1.54) is 18.3 Å². The van der Waals surface area contributed by atoms with Crippen LogP contribution in [0.2, 0.25) is 5.02 Å². The second-order valence-electron chi connectivity index (χ2n) is 3.90. The van der Waals surface area contributed by atoms with E-state index in [0.717, 1.165) is 5.56 Å². The van der Waals surface area contributed by atoms with E-state index in [-0.39, 0.29) is 5.69 Å². The average molecular weight is 344 g/mol. The van der Waals surface area contributed by atoms with Crippen molar-refractivity contribution in [1.29, 1.82) is 0 Å². The van der Waals surface area contributed by atoms with E-state index in [4.69, 9.17) is 11.6 Å². The molecule has 0 atom stereocenters. The van der Waals surface area contributed by atoms with E-state index >= 15 is 0 Å². The summed E-state index contributed by atoms with van der Waals surface area (Å²) < 4.78 is 13.8. The molecule has 0 unspecified atom stereocenters. The Morgan fingerprint density at radius 2 is 2.16 bits per heavy atom. The van der Waals surface area contributed by atoms with Crippen molar-refractivity contribution in [1.82, 2.24) is 4.98 Å². The number of amides is 1. The molecule has 0 spiro atoms. The van der Waals surface area contributed by atoms with Gasteiger partial charge in [-0.15, -0.1) is 0 Å². The summed E-state index contributed by atoms with van der Waals surface area (Å²) in [6.45, 7) is 1.77. The highest BCUT2D eigenvalue weighted by molar-refractivity contribution is 9.10. The molecule has 1 aromatic carbocycles. The fourth-order valence-corrected chi connectivity index (χ4v) is 2.05. The van der Waals surface area contributed by atoms with E-state index < -0.39 is 11.7 Å². The molecular formula is C13H9BrClFN2O. The van der Waals surface area contributed by atoms with Crippen molar-refractivity contribution in [2.75, 3.05) is 5.32 Å². The van der Waals surface area contributed by atoms with Crippen LogP contribution in [-0.4, -0.2) is 10.9 Å². The SMILES string of the molecule is Cc1cc(Br)c(F)cc1NC(=O)c1ccc(Cl)cn1. The summed E-state index contributed by atoms with van der Waals surface area (Å²) in [6, 6.07) is 5.92. The van der Waals surface area contributed by atoms with Crippen LogP contribution in [0.4, 0.5) is 10.1 Å². The van der Waals surface area contributed by atoms with Gasteiger partial charge in [-0.25, -0.2) is 9.37 Å². The summed E-state index contributed by atoms with van der Waals surface area (Å²) in [5, 5.41) is 3.06. The van der Waals surface area contributed by atoms with Gasteiger partial charge in [-0.1, -0.05) is 11.6 Å². The molecular weight excluding hydrogens is 335 g/mol. The predicted octanol–water partition coefficient (Wildman–Crippen LogP) is 4.20. The van der Waals surface area contributed by atoms with E-state index in [0.29, 0.717) is 15.2 Å². The first-order valence-corrected chi connectivity index (χ1v) is 6.53. The molecule has 0 aliphatic carbocycles. The molecule has 0 radical (unpaired) electrons. The zero-order chi connectivity index (χ0) is 14.0. The zero-order valence-corrected chi connectivity index (χ0v) is 12.2. The maximum Gasteiger partial charge on any atom is 0.274 e. The van der Waals surface area contributed by atoms with Crippen LogP contribution in [0.1, 0.15) is 16.1 Å². The Labute approximate surface area is 122 Å². The first-order chi connectivity index (χ1) is 8.97. The van der Waals surface area contributed by atoms with Crippen LogP contribution in [0.25, 0.3) is 0 Å². The lowest BCUT2D eigenvalue weighted by Crippen LogP contribution is -2.14. The van der Waals surface area contributed by atoms with Gasteiger partial charge in [0.05, 0.1) is 9.50 Å². The molecule has 2 aromatic rings. The summed E-state index contributed by atoms with van der Waals surface area (Å²) in [5.74, 6) is -0.855. The Hall–Kier alpha value is -1.46. The number of pyridine rings is 1. The molecule has 3 nitrogen and oxygen atoms in total. The molecule has 1 aromatic heterocycles. The molecule has 19 heavy (non-hydrogen) atoms. The van der Waals surface area contributed by atoms with Gasteiger partial charge >= 0.3 is 0 Å². The maximum absolute atomic E-state index is 13.4. The van der Waals surface area contributed by atoms with Gasteiger partial charge < -0.3 is 5.32 Å². The van der Waals surface area contributed by atoms with Gasteiger partial charge in [0.1, 0.15) is 11.5 Å². The van der Waals surface area contributed by atoms with Gasteiger partial charge in [0.15, 0.2) is 0 Å². The lowest BCUT2D eigenvalue weighted by Gasteiger charge is -2.09. The van der Waals surface area contributed by atoms with Crippen LogP contribution in [-0.2, 0) is 0 Å². The number of rotatable bonds is 2. The van der Waals surface area contributed by atoms with Crippen LogP contribution in [0.3, 0.4) is 0 Å². The van der Waals surface area contributed by atoms with E-state index in [1.807, 2.05) is 0 Å². The van der Waals surface area contributed by atoms with Crippen molar-refractivity contribution < 1.29 is 9.18 Å². The first kappa shape index (κ1) is 14.0. The van der Waals surface area contributed by atoms with Gasteiger partial charge in [-0.3, -0.25) is 4.79 Å². The minimum absolute atomic E-state index is 0.215. The zero-order valence-electron chi connectivity index (χ0n) is 9.88. The van der Waals surface area contributed by atoms with Gasteiger partial charge in [0.25, 0.3) is 5.91 Å². The van der Waals surface area contributed by atoms with Crippen molar-refractivity contribution in [3.8, 4) is 0 Å². The fourth-order valence-electron chi connectivity index (χ4n) is 1.48. The second kappa shape index (κ2) is 5.67. The topological polar surface area (TPSA) is 42.0 Å². The Bertz CT molecular complexity index is 631. The summed E-state index contributed by atoms with van der Waals surface area (Å²) in [5.41, 5.74) is 1.37. The standard InChI is InChI=1S/C13H9BrClFN2O/c1-7-4-9(14)10(16)5-12(7)18-13(19)11-3-2-8(15)6-17-11/h2-6H,1H3,(H,18,19). The normalized spacial score (nSPS) is 10.3. The largest absolute Gasteiger partial charge is 0.320 e. The molecule has 0 aliphatic heterocycles. The molecule has 0 saturated heterocycles. The number of carbonyl (C=O) groups excluding carboxylic acids is 1. The Balaban J connectivity index is 2.24. The number of benzene rings is 1. The van der Waals surface area contributed by atoms with Crippen molar-refractivity contribution >= 4 is 39.1 Å². The number of carbonyl (C=O) groups is 1. The highest BCUT2D eigenvalue weighted by Crippen LogP contribution is 2.24. The predicted molar refractivity (Wildman–Crippen MR) is 76.0 cm³/mol. The first-order valence-electron chi connectivity index (χ1n) is 5.36. The monoisotopic (exact) mass is 342 g/mol. The van der Waals surface area contributed by atoms with Crippen molar-refractivity contribution in [3.63, 3.8) is 0 Å². The van der Waals surface area contributed by atoms with Crippen molar-refractivity contribution in [2.45, 2.75) is 6.92 Å². The molecule has 1 N–H and O–H groups in total. The van der Waals surface area contributed by atoms with Crippen LogP contribution >= 0.6 is 27.5 Å². The Morgan fingerprint density at radius 1 is 1.42 bits per heavy atom. The molecule has 0 bridgehead atoms. The highest BCUT2D eigenvalue weighted by atomic mass is 79.9. The van der Waals surface area contributed by atoms with Crippen LogP contribution in [0.15, 0.2) is 34.9 Å². The number of hydrogen-bond donors (Lipinski definition) is 1. The lowest BCUT2D eigenvalue weighted by atomic mass is 10.2. The van der Waals surface area contributed by atoms with Gasteiger partial charge in [0.2, 0.25) is 0 Å². The van der Waals surface area contributed by atoms with Gasteiger partial charge in [-0.2, -0.15) is 0 Å². The molecule has 0 saturated carbocycles. The number of nitrogens with one attached hydrogen (secondary N) is 1. The number of nitrogens with zero attached hydrogens (tertiary/aromatic N) is 1. The van der Waals surface area contributed by atoms with Crippen LogP contribution in [0, 0.1) is 12.7 Å². The lowest BCUT2D eigenvalue weighted by molar-refractivity contribution is 0.102. The number of aryl methyl sites for hydroxylation is 1. The summed E-state index contributed by atoms with van der Waals surface area (Å²) in [4.78, 5) is 15.8.